The number of benzene rings is 1. The number of amides is 1. The van der Waals surface area contributed by atoms with Crippen LogP contribution >= 0.6 is 0 Å². The van der Waals surface area contributed by atoms with Gasteiger partial charge in [0, 0.05) is 23.5 Å². The summed E-state index contributed by atoms with van der Waals surface area (Å²) in [6.07, 6.45) is 3.23. The van der Waals surface area contributed by atoms with Crippen molar-refractivity contribution < 1.29 is 17.7 Å². The highest BCUT2D eigenvalue weighted by Gasteiger charge is 2.18. The highest BCUT2D eigenvalue weighted by Crippen LogP contribution is 2.18. The van der Waals surface area contributed by atoms with Crippen molar-refractivity contribution in [2.24, 2.45) is 5.14 Å². The third-order valence-corrected chi connectivity index (χ3v) is 4.47. The van der Waals surface area contributed by atoms with E-state index < -0.39 is 22.0 Å². The van der Waals surface area contributed by atoms with Gasteiger partial charge < -0.3 is 9.84 Å². The zero-order valence-electron chi connectivity index (χ0n) is 13.7. The number of carbonyl (C=O) groups excluding carboxylic acids is 1. The van der Waals surface area contributed by atoms with Gasteiger partial charge in [0.25, 0.3) is 5.91 Å². The summed E-state index contributed by atoms with van der Waals surface area (Å²) < 4.78 is 27.7. The Morgan fingerprint density at radius 2 is 1.81 bits per heavy atom. The number of sulfonamides is 1. The van der Waals surface area contributed by atoms with E-state index in [1.54, 1.807) is 31.5 Å². The van der Waals surface area contributed by atoms with Crippen LogP contribution in [0, 0.1) is 0 Å². The minimum absolute atomic E-state index is 0.0685. The second kappa shape index (κ2) is 7.02. The van der Waals surface area contributed by atoms with Crippen molar-refractivity contribution in [3.8, 4) is 11.4 Å². The van der Waals surface area contributed by atoms with Crippen LogP contribution in [0.2, 0.25) is 0 Å². The van der Waals surface area contributed by atoms with Crippen molar-refractivity contribution in [3.05, 3.63) is 60.2 Å². The van der Waals surface area contributed by atoms with Gasteiger partial charge in [-0.05, 0) is 43.3 Å². The zero-order valence-corrected chi connectivity index (χ0v) is 14.5. The van der Waals surface area contributed by atoms with Gasteiger partial charge in [-0.2, -0.15) is 4.98 Å². The average molecular weight is 373 g/mol. The standard InChI is InChI=1S/C16H15N5O4S/c1-10(16-20-14(21-25-16)11-6-8-18-9-7-11)19-15(22)12-2-4-13(5-3-12)26(17,23)24/h2-10H,1H3,(H,19,22)(H2,17,23,24)/t10-/m0/s1. The topological polar surface area (TPSA) is 141 Å². The van der Waals surface area contributed by atoms with Crippen LogP contribution < -0.4 is 10.5 Å². The molecule has 134 valence electrons. The third-order valence-electron chi connectivity index (χ3n) is 3.54. The van der Waals surface area contributed by atoms with Crippen LogP contribution in [0.15, 0.2) is 58.2 Å². The van der Waals surface area contributed by atoms with Crippen molar-refractivity contribution in [2.45, 2.75) is 17.9 Å². The van der Waals surface area contributed by atoms with Crippen LogP contribution in [0.4, 0.5) is 0 Å². The van der Waals surface area contributed by atoms with Crippen LogP contribution in [0.3, 0.4) is 0 Å². The molecule has 0 spiro atoms. The predicted molar refractivity (Wildman–Crippen MR) is 91.2 cm³/mol. The molecule has 1 amide bonds. The van der Waals surface area contributed by atoms with E-state index in [4.69, 9.17) is 9.66 Å². The van der Waals surface area contributed by atoms with Crippen LogP contribution in [-0.4, -0.2) is 29.4 Å². The average Bonchev–Trinajstić information content (AvgIpc) is 3.12. The lowest BCUT2D eigenvalue weighted by Gasteiger charge is -2.10. The summed E-state index contributed by atoms with van der Waals surface area (Å²) in [4.78, 5) is 20.4. The Labute approximate surface area is 149 Å². The van der Waals surface area contributed by atoms with E-state index in [0.29, 0.717) is 5.82 Å². The molecular weight excluding hydrogens is 358 g/mol. The number of aromatic nitrogens is 3. The van der Waals surface area contributed by atoms with Crippen LogP contribution in [0.5, 0.6) is 0 Å². The van der Waals surface area contributed by atoms with Gasteiger partial charge in [-0.1, -0.05) is 5.16 Å². The zero-order chi connectivity index (χ0) is 18.7. The summed E-state index contributed by atoms with van der Waals surface area (Å²) in [5, 5.41) is 11.6. The number of nitrogens with zero attached hydrogens (tertiary/aromatic N) is 3. The molecular formula is C16H15N5O4S. The molecule has 0 aliphatic rings. The maximum atomic E-state index is 12.3. The van der Waals surface area contributed by atoms with Gasteiger partial charge in [0.1, 0.15) is 6.04 Å². The fraction of sp³-hybridized carbons (Fsp3) is 0.125. The molecule has 1 aromatic carbocycles. The molecule has 0 saturated carbocycles. The molecule has 0 bridgehead atoms. The van der Waals surface area contributed by atoms with Gasteiger partial charge in [0.05, 0.1) is 4.90 Å². The van der Waals surface area contributed by atoms with Gasteiger partial charge in [0.15, 0.2) is 0 Å². The monoisotopic (exact) mass is 373 g/mol. The van der Waals surface area contributed by atoms with E-state index in [9.17, 15) is 13.2 Å². The number of hydrogen-bond acceptors (Lipinski definition) is 7. The Morgan fingerprint density at radius 1 is 1.15 bits per heavy atom. The highest BCUT2D eigenvalue weighted by atomic mass is 32.2. The van der Waals surface area contributed by atoms with E-state index in [0.717, 1.165) is 5.56 Å². The third kappa shape index (κ3) is 3.92. The minimum Gasteiger partial charge on any atom is -0.341 e. The van der Waals surface area contributed by atoms with Crippen molar-refractivity contribution in [1.82, 2.24) is 20.4 Å². The van der Waals surface area contributed by atoms with Crippen molar-refractivity contribution in [1.29, 1.82) is 0 Å². The summed E-state index contributed by atoms with van der Waals surface area (Å²) in [5.41, 5.74) is 1.02. The molecule has 0 aliphatic carbocycles. The number of hydrogen-bond donors (Lipinski definition) is 2. The quantitative estimate of drug-likeness (QED) is 0.686. The Morgan fingerprint density at radius 3 is 2.42 bits per heavy atom. The number of primary sulfonamides is 1. The van der Waals surface area contributed by atoms with E-state index in [-0.39, 0.29) is 16.3 Å². The van der Waals surface area contributed by atoms with E-state index in [1.165, 1.54) is 24.3 Å². The molecule has 0 aliphatic heterocycles. The number of pyridine rings is 1. The van der Waals surface area contributed by atoms with Gasteiger partial charge in [-0.25, -0.2) is 13.6 Å². The molecule has 2 aromatic heterocycles. The lowest BCUT2D eigenvalue weighted by atomic mass is 10.2. The normalized spacial score (nSPS) is 12.5. The smallest absolute Gasteiger partial charge is 0.251 e. The number of nitrogens with one attached hydrogen (secondary N) is 1. The fourth-order valence-corrected chi connectivity index (χ4v) is 2.68. The molecule has 26 heavy (non-hydrogen) atoms. The second-order valence-electron chi connectivity index (χ2n) is 5.46. The summed E-state index contributed by atoms with van der Waals surface area (Å²) in [5.74, 6) is 0.217. The number of nitrogens with two attached hydrogens (primary N) is 1. The number of carbonyl (C=O) groups is 1. The molecule has 9 nitrogen and oxygen atoms in total. The lowest BCUT2D eigenvalue weighted by Crippen LogP contribution is -2.27. The van der Waals surface area contributed by atoms with E-state index in [1.807, 2.05) is 0 Å². The minimum atomic E-state index is -3.80. The summed E-state index contributed by atoms with van der Waals surface area (Å²) >= 11 is 0. The van der Waals surface area contributed by atoms with Gasteiger partial charge in [-0.3, -0.25) is 9.78 Å². The Kier molecular flexibility index (Phi) is 4.78. The summed E-state index contributed by atoms with van der Waals surface area (Å²) in [7, 11) is -3.80. The van der Waals surface area contributed by atoms with Crippen LogP contribution in [0.1, 0.15) is 29.2 Å². The first kappa shape index (κ1) is 17.7. The lowest BCUT2D eigenvalue weighted by molar-refractivity contribution is 0.0932. The molecule has 0 unspecified atom stereocenters. The summed E-state index contributed by atoms with van der Waals surface area (Å²) in [6.45, 7) is 1.69. The van der Waals surface area contributed by atoms with Crippen molar-refractivity contribution in [2.75, 3.05) is 0 Å². The molecule has 10 heteroatoms. The fourth-order valence-electron chi connectivity index (χ4n) is 2.17. The van der Waals surface area contributed by atoms with Crippen LogP contribution in [0.25, 0.3) is 11.4 Å². The van der Waals surface area contributed by atoms with Crippen molar-refractivity contribution in [3.63, 3.8) is 0 Å². The predicted octanol–water partition coefficient (Wildman–Crippen LogP) is 1.27. The largest absolute Gasteiger partial charge is 0.341 e. The molecule has 3 rings (SSSR count). The molecule has 3 aromatic rings. The molecule has 0 saturated heterocycles. The van der Waals surface area contributed by atoms with E-state index in [2.05, 4.69) is 20.4 Å². The molecule has 2 heterocycles. The molecule has 3 N–H and O–H groups in total. The van der Waals surface area contributed by atoms with Crippen molar-refractivity contribution >= 4 is 15.9 Å². The molecule has 1 atom stereocenters. The van der Waals surface area contributed by atoms with Gasteiger partial charge >= 0.3 is 0 Å². The highest BCUT2D eigenvalue weighted by molar-refractivity contribution is 7.89. The van der Waals surface area contributed by atoms with E-state index >= 15 is 0 Å². The first-order valence-electron chi connectivity index (χ1n) is 7.52. The Hall–Kier alpha value is -3.11. The SMILES string of the molecule is C[C@H](NC(=O)c1ccc(S(N)(=O)=O)cc1)c1nc(-c2ccncc2)no1. The van der Waals surface area contributed by atoms with Crippen LogP contribution in [-0.2, 0) is 10.0 Å². The first-order valence-corrected chi connectivity index (χ1v) is 9.07. The molecule has 0 radical (unpaired) electrons. The second-order valence-corrected chi connectivity index (χ2v) is 7.02. The van der Waals surface area contributed by atoms with Gasteiger partial charge in [0.2, 0.25) is 21.7 Å². The summed E-state index contributed by atoms with van der Waals surface area (Å²) in [6, 6.07) is 8.22. The maximum absolute atomic E-state index is 12.3. The number of rotatable bonds is 5. The molecule has 0 fully saturated rings. The van der Waals surface area contributed by atoms with Gasteiger partial charge in [-0.15, -0.1) is 0 Å². The first-order chi connectivity index (χ1) is 12.3. The Balaban J connectivity index is 1.71. The Bertz CT molecular complexity index is 1020. The maximum Gasteiger partial charge on any atom is 0.251 e.